The molecule has 0 unspecified atom stereocenters. The summed E-state index contributed by atoms with van der Waals surface area (Å²) in [4.78, 5) is 21.7. The Bertz CT molecular complexity index is 1010. The largest absolute Gasteiger partial charge is 0.495 e. The van der Waals surface area contributed by atoms with Gasteiger partial charge in [0.1, 0.15) is 21.7 Å². The van der Waals surface area contributed by atoms with Gasteiger partial charge in [0, 0.05) is 49.9 Å². The average molecular weight is 461 g/mol. The number of fused-ring (bicyclic) bond motifs is 1. The summed E-state index contributed by atoms with van der Waals surface area (Å²) in [6.07, 6.45) is 0. The summed E-state index contributed by atoms with van der Waals surface area (Å²) < 4.78 is 12.0. The molecule has 0 saturated carbocycles. The Morgan fingerprint density at radius 3 is 2.42 bits per heavy atom. The highest BCUT2D eigenvalue weighted by molar-refractivity contribution is 7.22. The molecule has 2 heterocycles. The third kappa shape index (κ3) is 4.87. The minimum atomic E-state index is -0.0762. The van der Waals surface area contributed by atoms with Gasteiger partial charge in [0.05, 0.1) is 14.2 Å². The van der Waals surface area contributed by atoms with E-state index in [0.717, 1.165) is 59.6 Å². The van der Waals surface area contributed by atoms with Crippen molar-refractivity contribution >= 4 is 44.2 Å². The van der Waals surface area contributed by atoms with Crippen LogP contribution in [0.5, 0.6) is 11.5 Å². The Morgan fingerprint density at radius 1 is 1.06 bits per heavy atom. The van der Waals surface area contributed by atoms with Gasteiger partial charge in [-0.05, 0) is 36.4 Å². The highest BCUT2D eigenvalue weighted by Gasteiger charge is 2.22. The maximum atomic E-state index is 12.2. The number of amides is 1. The summed E-state index contributed by atoms with van der Waals surface area (Å²) in [5, 5.41) is 4.58. The lowest BCUT2D eigenvalue weighted by Crippen LogP contribution is -2.48. The number of hydrogen-bond acceptors (Lipinski definition) is 7. The van der Waals surface area contributed by atoms with Crippen LogP contribution in [0.15, 0.2) is 36.4 Å². The van der Waals surface area contributed by atoms with Crippen molar-refractivity contribution in [1.82, 2.24) is 15.2 Å². The lowest BCUT2D eigenvalue weighted by molar-refractivity contribution is 0.0948. The number of rotatable bonds is 7. The molecule has 1 saturated heterocycles. The average Bonchev–Trinajstić information content (AvgIpc) is 3.25. The van der Waals surface area contributed by atoms with Crippen LogP contribution < -0.4 is 19.7 Å². The highest BCUT2D eigenvalue weighted by Crippen LogP contribution is 2.40. The Kier molecular flexibility index (Phi) is 6.80. The number of methoxy groups -OCH3 is 2. The number of halogens is 1. The van der Waals surface area contributed by atoms with Gasteiger partial charge >= 0.3 is 0 Å². The molecule has 0 bridgehead atoms. The first kappa shape index (κ1) is 21.7. The zero-order valence-corrected chi connectivity index (χ0v) is 19.1. The second-order valence-corrected chi connectivity index (χ2v) is 8.65. The van der Waals surface area contributed by atoms with Crippen molar-refractivity contribution < 1.29 is 14.3 Å². The van der Waals surface area contributed by atoms with Gasteiger partial charge in [-0.3, -0.25) is 9.69 Å². The first-order valence-corrected chi connectivity index (χ1v) is 11.3. The number of carbonyl (C=O) groups excluding carboxylic acids is 1. The van der Waals surface area contributed by atoms with Crippen molar-refractivity contribution in [1.29, 1.82) is 0 Å². The second kappa shape index (κ2) is 9.72. The van der Waals surface area contributed by atoms with E-state index in [-0.39, 0.29) is 5.91 Å². The van der Waals surface area contributed by atoms with E-state index in [0.29, 0.717) is 17.1 Å². The minimum Gasteiger partial charge on any atom is -0.495 e. The van der Waals surface area contributed by atoms with Gasteiger partial charge in [0.2, 0.25) is 0 Å². The van der Waals surface area contributed by atoms with E-state index in [9.17, 15) is 4.79 Å². The number of nitrogens with one attached hydrogen (secondary N) is 1. The molecule has 164 valence electrons. The van der Waals surface area contributed by atoms with Gasteiger partial charge in [-0.15, -0.1) is 0 Å². The quantitative estimate of drug-likeness (QED) is 0.582. The van der Waals surface area contributed by atoms with Crippen LogP contribution >= 0.6 is 22.9 Å². The maximum Gasteiger partial charge on any atom is 0.251 e. The highest BCUT2D eigenvalue weighted by atomic mass is 35.5. The number of piperazine rings is 1. The van der Waals surface area contributed by atoms with E-state index in [4.69, 9.17) is 26.1 Å². The number of aromatic nitrogens is 1. The fraction of sp³-hybridized carbons (Fsp3) is 0.364. The molecular formula is C22H25ClN4O3S. The van der Waals surface area contributed by atoms with E-state index in [1.54, 1.807) is 49.8 Å². The molecular weight excluding hydrogens is 436 g/mol. The third-order valence-electron chi connectivity index (χ3n) is 5.36. The SMILES string of the molecule is COc1ccc(OC)c2sc(N3CCN(CCNC(=O)c4ccc(Cl)cc4)CC3)nc12. The molecule has 1 amide bonds. The zero-order chi connectivity index (χ0) is 21.8. The fourth-order valence-corrected chi connectivity index (χ4v) is 4.86. The fourth-order valence-electron chi connectivity index (χ4n) is 3.60. The minimum absolute atomic E-state index is 0.0762. The number of carbonyl (C=O) groups is 1. The molecule has 2 aromatic carbocycles. The van der Waals surface area contributed by atoms with Gasteiger partial charge in [0.25, 0.3) is 5.91 Å². The first-order valence-electron chi connectivity index (χ1n) is 10.1. The molecule has 1 aromatic heterocycles. The normalized spacial score (nSPS) is 14.6. The topological polar surface area (TPSA) is 66.9 Å². The molecule has 7 nitrogen and oxygen atoms in total. The van der Waals surface area contributed by atoms with Gasteiger partial charge < -0.3 is 19.7 Å². The van der Waals surface area contributed by atoms with Crippen LogP contribution in [-0.2, 0) is 0 Å². The van der Waals surface area contributed by atoms with Crippen molar-refractivity contribution in [3.05, 3.63) is 47.0 Å². The van der Waals surface area contributed by atoms with Gasteiger partial charge in [-0.2, -0.15) is 0 Å². The molecule has 0 atom stereocenters. The van der Waals surface area contributed by atoms with Crippen molar-refractivity contribution in [3.63, 3.8) is 0 Å². The summed E-state index contributed by atoms with van der Waals surface area (Å²) in [5.74, 6) is 1.50. The van der Waals surface area contributed by atoms with Crippen LogP contribution in [-0.4, -0.2) is 69.3 Å². The summed E-state index contributed by atoms with van der Waals surface area (Å²) in [7, 11) is 3.33. The van der Waals surface area contributed by atoms with Crippen molar-refractivity contribution in [2.24, 2.45) is 0 Å². The van der Waals surface area contributed by atoms with Crippen LogP contribution in [0.1, 0.15) is 10.4 Å². The molecule has 1 fully saturated rings. The second-order valence-electron chi connectivity index (χ2n) is 7.24. The van der Waals surface area contributed by atoms with Crippen molar-refractivity contribution in [2.75, 3.05) is 58.4 Å². The summed E-state index contributed by atoms with van der Waals surface area (Å²) in [6.45, 7) is 5.03. The smallest absolute Gasteiger partial charge is 0.251 e. The summed E-state index contributed by atoms with van der Waals surface area (Å²) >= 11 is 7.50. The van der Waals surface area contributed by atoms with E-state index < -0.39 is 0 Å². The summed E-state index contributed by atoms with van der Waals surface area (Å²) in [5.41, 5.74) is 1.46. The standard InChI is InChI=1S/C22H25ClN4O3S/c1-29-17-7-8-18(30-2)20-19(17)25-22(31-20)27-13-11-26(12-14-27)10-9-24-21(28)15-3-5-16(23)6-4-15/h3-8H,9-14H2,1-2H3,(H,24,28). The molecule has 4 rings (SSSR count). The van der Waals surface area contributed by atoms with Crippen LogP contribution in [0.3, 0.4) is 0 Å². The Morgan fingerprint density at radius 2 is 1.74 bits per heavy atom. The number of hydrogen-bond donors (Lipinski definition) is 1. The Hall–Kier alpha value is -2.55. The Balaban J connectivity index is 1.30. The molecule has 0 aliphatic carbocycles. The molecule has 3 aromatic rings. The predicted octanol–water partition coefficient (Wildman–Crippen LogP) is 3.52. The molecule has 0 radical (unpaired) electrons. The van der Waals surface area contributed by atoms with E-state index in [1.165, 1.54) is 0 Å². The third-order valence-corrected chi connectivity index (χ3v) is 6.74. The van der Waals surface area contributed by atoms with Crippen LogP contribution in [0.25, 0.3) is 10.2 Å². The molecule has 0 spiro atoms. The number of thiazole rings is 1. The predicted molar refractivity (Wildman–Crippen MR) is 125 cm³/mol. The first-order chi connectivity index (χ1) is 15.1. The van der Waals surface area contributed by atoms with Gasteiger partial charge in [-0.1, -0.05) is 22.9 Å². The zero-order valence-electron chi connectivity index (χ0n) is 17.6. The van der Waals surface area contributed by atoms with E-state index in [2.05, 4.69) is 15.1 Å². The number of benzene rings is 2. The molecule has 1 aliphatic heterocycles. The molecule has 1 aliphatic rings. The molecule has 9 heteroatoms. The van der Waals surface area contributed by atoms with E-state index in [1.807, 2.05) is 12.1 Å². The van der Waals surface area contributed by atoms with Crippen molar-refractivity contribution in [2.45, 2.75) is 0 Å². The van der Waals surface area contributed by atoms with Crippen LogP contribution in [0.4, 0.5) is 5.13 Å². The van der Waals surface area contributed by atoms with Crippen LogP contribution in [0.2, 0.25) is 5.02 Å². The summed E-state index contributed by atoms with van der Waals surface area (Å²) in [6, 6.07) is 10.7. The van der Waals surface area contributed by atoms with E-state index >= 15 is 0 Å². The maximum absolute atomic E-state index is 12.2. The lowest BCUT2D eigenvalue weighted by Gasteiger charge is -2.34. The number of ether oxygens (including phenoxy) is 2. The monoisotopic (exact) mass is 460 g/mol. The van der Waals surface area contributed by atoms with Crippen molar-refractivity contribution in [3.8, 4) is 11.5 Å². The number of anilines is 1. The van der Waals surface area contributed by atoms with Gasteiger partial charge in [-0.25, -0.2) is 4.98 Å². The molecule has 1 N–H and O–H groups in total. The lowest BCUT2D eigenvalue weighted by atomic mass is 10.2. The Labute approximate surface area is 190 Å². The molecule has 31 heavy (non-hydrogen) atoms. The van der Waals surface area contributed by atoms with Gasteiger partial charge in [0.15, 0.2) is 5.13 Å². The number of nitrogens with zero attached hydrogens (tertiary/aromatic N) is 3. The van der Waals surface area contributed by atoms with Crippen LogP contribution in [0, 0.1) is 0 Å².